The molecule has 1 saturated heterocycles. The van der Waals surface area contributed by atoms with Gasteiger partial charge in [-0.05, 0) is 36.8 Å². The zero-order valence-corrected chi connectivity index (χ0v) is 19.6. The average molecular weight is 474 g/mol. The normalized spacial score (nSPS) is 20.2. The van der Waals surface area contributed by atoms with Gasteiger partial charge in [0.15, 0.2) is 5.78 Å². The third kappa shape index (κ3) is 4.64. The minimum Gasteiger partial charge on any atom is -0.467 e. The molecule has 35 heavy (non-hydrogen) atoms. The number of nitrogens with zero attached hydrogens (tertiary/aromatic N) is 3. The van der Waals surface area contributed by atoms with E-state index in [0.717, 1.165) is 5.56 Å². The maximum atomic E-state index is 14.4. The number of carbonyl (C=O) groups is 2. The van der Waals surface area contributed by atoms with Crippen LogP contribution in [0, 0.1) is 11.7 Å². The molecule has 0 bridgehead atoms. The van der Waals surface area contributed by atoms with Gasteiger partial charge < -0.3 is 14.2 Å². The fourth-order valence-corrected chi connectivity index (χ4v) is 5.10. The van der Waals surface area contributed by atoms with Crippen molar-refractivity contribution < 1.29 is 18.4 Å². The summed E-state index contributed by atoms with van der Waals surface area (Å²) in [5.74, 6) is -0.859. The number of hydrogen-bond donors (Lipinski definition) is 0. The number of halogens is 1. The summed E-state index contributed by atoms with van der Waals surface area (Å²) in [7, 11) is 0. The lowest BCUT2D eigenvalue weighted by Gasteiger charge is -2.44. The molecule has 1 aromatic heterocycles. The fraction of sp³-hybridized carbons (Fsp3) is 0.286. The molecule has 2 aliphatic heterocycles. The Labute approximate surface area is 204 Å². The highest BCUT2D eigenvalue weighted by atomic mass is 19.1. The van der Waals surface area contributed by atoms with Crippen LogP contribution in [0.4, 0.5) is 10.1 Å². The summed E-state index contributed by atoms with van der Waals surface area (Å²) in [5, 5.41) is 0. The summed E-state index contributed by atoms with van der Waals surface area (Å²) < 4.78 is 19.8. The van der Waals surface area contributed by atoms with Crippen LogP contribution < -0.4 is 4.90 Å². The Balaban J connectivity index is 1.43. The zero-order chi connectivity index (χ0) is 24.4. The van der Waals surface area contributed by atoms with Crippen molar-refractivity contribution in [3.05, 3.63) is 102 Å². The highest BCUT2D eigenvalue weighted by Crippen LogP contribution is 2.36. The molecule has 1 amide bonds. The van der Waals surface area contributed by atoms with Gasteiger partial charge in [0, 0.05) is 38.0 Å². The predicted octanol–water partition coefficient (Wildman–Crippen LogP) is 4.41. The summed E-state index contributed by atoms with van der Waals surface area (Å²) in [5.41, 5.74) is 2.12. The van der Waals surface area contributed by atoms with Crippen LogP contribution in [0.1, 0.15) is 24.3 Å². The van der Waals surface area contributed by atoms with Gasteiger partial charge in [0.25, 0.3) is 0 Å². The van der Waals surface area contributed by atoms with E-state index in [2.05, 4.69) is 4.90 Å². The molecule has 0 N–H and O–H groups in total. The van der Waals surface area contributed by atoms with Crippen molar-refractivity contribution in [2.75, 3.05) is 31.1 Å². The van der Waals surface area contributed by atoms with Gasteiger partial charge in [0.1, 0.15) is 17.5 Å². The lowest BCUT2D eigenvalue weighted by molar-refractivity contribution is -0.144. The summed E-state index contributed by atoms with van der Waals surface area (Å²) in [6.45, 7) is 4.46. The lowest BCUT2D eigenvalue weighted by Crippen LogP contribution is -2.53. The molecule has 180 valence electrons. The fourth-order valence-electron chi connectivity index (χ4n) is 5.10. The van der Waals surface area contributed by atoms with E-state index in [1.165, 1.54) is 6.07 Å². The van der Waals surface area contributed by atoms with Crippen LogP contribution in [-0.2, 0) is 16.1 Å². The molecule has 2 aliphatic rings. The second-order valence-corrected chi connectivity index (χ2v) is 9.00. The quantitative estimate of drug-likeness (QED) is 0.497. The van der Waals surface area contributed by atoms with Crippen molar-refractivity contribution in [1.82, 2.24) is 9.80 Å². The van der Waals surface area contributed by atoms with Crippen LogP contribution in [0.25, 0.3) is 0 Å². The molecule has 0 radical (unpaired) electrons. The van der Waals surface area contributed by atoms with Crippen LogP contribution in [0.2, 0.25) is 0 Å². The van der Waals surface area contributed by atoms with E-state index in [0.29, 0.717) is 43.3 Å². The van der Waals surface area contributed by atoms with Gasteiger partial charge in [0.05, 0.1) is 24.5 Å². The monoisotopic (exact) mass is 473 g/mol. The second kappa shape index (κ2) is 9.88. The number of hydrogen-bond acceptors (Lipinski definition) is 5. The Morgan fingerprint density at radius 1 is 0.943 bits per heavy atom. The Bertz CT molecular complexity index is 1220. The summed E-state index contributed by atoms with van der Waals surface area (Å²) in [6.07, 6.45) is 3.15. The van der Waals surface area contributed by atoms with E-state index < -0.39 is 12.0 Å². The first-order valence-corrected chi connectivity index (χ1v) is 11.9. The molecular formula is C28H28FN3O3. The third-order valence-electron chi connectivity index (χ3n) is 6.87. The molecule has 2 aromatic carbocycles. The average Bonchev–Trinajstić information content (AvgIpc) is 3.39. The van der Waals surface area contributed by atoms with Gasteiger partial charge in [-0.3, -0.25) is 14.5 Å². The Morgan fingerprint density at radius 3 is 2.34 bits per heavy atom. The number of furan rings is 1. The molecule has 5 rings (SSSR count). The number of anilines is 1. The first kappa shape index (κ1) is 23.1. The van der Waals surface area contributed by atoms with Crippen LogP contribution >= 0.6 is 0 Å². The Morgan fingerprint density at radius 2 is 1.66 bits per heavy atom. The maximum absolute atomic E-state index is 14.4. The SMILES string of the molecule is CC1=CC(=O)C(C(c2ccccc2)N2CCN(c3ccccc3F)CC2)C(=O)N1Cc1ccco1. The Hall–Kier alpha value is -3.71. The maximum Gasteiger partial charge on any atom is 0.240 e. The summed E-state index contributed by atoms with van der Waals surface area (Å²) in [6, 6.07) is 19.7. The molecule has 3 aromatic rings. The summed E-state index contributed by atoms with van der Waals surface area (Å²) in [4.78, 5) is 33.0. The molecule has 7 heteroatoms. The van der Waals surface area contributed by atoms with E-state index in [4.69, 9.17) is 4.42 Å². The molecule has 2 atom stereocenters. The van der Waals surface area contributed by atoms with Crippen LogP contribution in [-0.4, -0.2) is 47.7 Å². The van der Waals surface area contributed by atoms with E-state index in [9.17, 15) is 14.0 Å². The van der Waals surface area contributed by atoms with E-state index in [1.807, 2.05) is 47.4 Å². The predicted molar refractivity (Wildman–Crippen MR) is 131 cm³/mol. The molecule has 2 unspecified atom stereocenters. The van der Waals surface area contributed by atoms with Crippen molar-refractivity contribution in [1.29, 1.82) is 0 Å². The minimum atomic E-state index is -0.865. The minimum absolute atomic E-state index is 0.186. The molecule has 0 aliphatic carbocycles. The number of piperazine rings is 1. The molecule has 6 nitrogen and oxygen atoms in total. The van der Waals surface area contributed by atoms with Gasteiger partial charge in [0.2, 0.25) is 5.91 Å². The molecular weight excluding hydrogens is 445 g/mol. The number of benzene rings is 2. The third-order valence-corrected chi connectivity index (χ3v) is 6.87. The first-order valence-electron chi connectivity index (χ1n) is 11.9. The number of para-hydroxylation sites is 1. The van der Waals surface area contributed by atoms with Crippen molar-refractivity contribution in [2.24, 2.45) is 5.92 Å². The van der Waals surface area contributed by atoms with Crippen molar-refractivity contribution >= 4 is 17.4 Å². The highest BCUT2D eigenvalue weighted by molar-refractivity contribution is 6.10. The molecule has 0 spiro atoms. The molecule has 3 heterocycles. The van der Waals surface area contributed by atoms with E-state index in [-0.39, 0.29) is 24.1 Å². The van der Waals surface area contributed by atoms with E-state index >= 15 is 0 Å². The zero-order valence-electron chi connectivity index (χ0n) is 19.6. The van der Waals surface area contributed by atoms with Crippen LogP contribution in [0.5, 0.6) is 0 Å². The topological polar surface area (TPSA) is 57.0 Å². The standard InChI is InChI=1S/C28H28FN3O3/c1-20-18-25(33)26(28(34)32(20)19-22-10-7-17-35-22)27(21-8-3-2-4-9-21)31-15-13-30(14-16-31)24-12-6-5-11-23(24)29/h2-12,17-18,26-27H,13-16,19H2,1H3. The number of ketones is 1. The summed E-state index contributed by atoms with van der Waals surface area (Å²) >= 11 is 0. The smallest absolute Gasteiger partial charge is 0.240 e. The number of allylic oxidation sites excluding steroid dienone is 2. The first-order chi connectivity index (χ1) is 17.0. The van der Waals surface area contributed by atoms with Gasteiger partial charge >= 0.3 is 0 Å². The largest absolute Gasteiger partial charge is 0.467 e. The molecule has 1 fully saturated rings. The van der Waals surface area contributed by atoms with E-state index in [1.54, 1.807) is 42.4 Å². The number of rotatable bonds is 6. The highest BCUT2D eigenvalue weighted by Gasteiger charge is 2.44. The van der Waals surface area contributed by atoms with Crippen molar-refractivity contribution in [3.63, 3.8) is 0 Å². The van der Waals surface area contributed by atoms with Gasteiger partial charge in [-0.2, -0.15) is 0 Å². The van der Waals surface area contributed by atoms with Crippen LogP contribution in [0.3, 0.4) is 0 Å². The Kier molecular flexibility index (Phi) is 6.51. The number of amides is 1. The van der Waals surface area contributed by atoms with Gasteiger partial charge in [-0.1, -0.05) is 42.5 Å². The van der Waals surface area contributed by atoms with Crippen molar-refractivity contribution in [3.8, 4) is 0 Å². The molecule has 0 saturated carbocycles. The van der Waals surface area contributed by atoms with Crippen molar-refractivity contribution in [2.45, 2.75) is 19.5 Å². The van der Waals surface area contributed by atoms with Gasteiger partial charge in [-0.15, -0.1) is 0 Å². The lowest BCUT2D eigenvalue weighted by atomic mass is 9.84. The number of carbonyl (C=O) groups excluding carboxylic acids is 2. The van der Waals surface area contributed by atoms with Gasteiger partial charge in [-0.25, -0.2) is 4.39 Å². The van der Waals surface area contributed by atoms with Crippen LogP contribution in [0.15, 0.2) is 89.2 Å². The second-order valence-electron chi connectivity index (χ2n) is 9.00.